The van der Waals surface area contributed by atoms with E-state index in [-0.39, 0.29) is 0 Å². The Balaban J connectivity index is 1.71. The molecule has 0 N–H and O–H groups in total. The summed E-state index contributed by atoms with van der Waals surface area (Å²) in [6.07, 6.45) is 4.95. The van der Waals surface area contributed by atoms with E-state index in [0.29, 0.717) is 0 Å². The molecular weight excluding hydrogens is 300 g/mol. The van der Waals surface area contributed by atoms with Crippen LogP contribution in [0.5, 0.6) is 11.5 Å². The Morgan fingerprint density at radius 2 is 1.88 bits per heavy atom. The van der Waals surface area contributed by atoms with E-state index in [1.54, 1.807) is 7.11 Å². The van der Waals surface area contributed by atoms with E-state index in [4.69, 9.17) is 9.47 Å². The zero-order valence-electron chi connectivity index (χ0n) is 15.3. The first kappa shape index (κ1) is 18.8. The minimum absolute atomic E-state index is 0.736. The molecule has 1 saturated heterocycles. The van der Waals surface area contributed by atoms with Gasteiger partial charge in [-0.05, 0) is 38.4 Å². The maximum absolute atomic E-state index is 6.04. The molecule has 0 bridgehead atoms. The highest BCUT2D eigenvalue weighted by molar-refractivity contribution is 5.47. The van der Waals surface area contributed by atoms with E-state index in [1.807, 2.05) is 18.2 Å². The summed E-state index contributed by atoms with van der Waals surface area (Å²) in [7, 11) is 1.69. The van der Waals surface area contributed by atoms with Gasteiger partial charge in [0.2, 0.25) is 0 Å². The van der Waals surface area contributed by atoms with Crippen molar-refractivity contribution in [2.24, 2.45) is 0 Å². The van der Waals surface area contributed by atoms with Crippen molar-refractivity contribution in [3.63, 3.8) is 0 Å². The molecule has 0 radical (unpaired) electrons. The van der Waals surface area contributed by atoms with E-state index in [1.165, 1.54) is 45.7 Å². The molecule has 0 atom stereocenters. The molecule has 134 valence electrons. The summed E-state index contributed by atoms with van der Waals surface area (Å²) in [6.45, 7) is 14.0. The molecule has 1 heterocycles. The van der Waals surface area contributed by atoms with Crippen molar-refractivity contribution in [2.75, 3.05) is 53.0 Å². The van der Waals surface area contributed by atoms with Crippen LogP contribution in [-0.4, -0.2) is 62.8 Å². The Bertz CT molecular complexity index is 496. The van der Waals surface area contributed by atoms with Crippen LogP contribution in [0.4, 0.5) is 0 Å². The standard InChI is InChI=1S/C20H32N2O2/c1-4-9-18-10-8-11-19(23-3)20(18)24-17-7-6-12-22-15-13-21(5-2)14-16-22/h4,8,10-11H,1,5-7,9,12-17H2,2-3H3. The lowest BCUT2D eigenvalue weighted by molar-refractivity contribution is 0.134. The van der Waals surface area contributed by atoms with Crippen LogP contribution in [-0.2, 0) is 6.42 Å². The largest absolute Gasteiger partial charge is 0.493 e. The second-order valence-electron chi connectivity index (χ2n) is 6.27. The topological polar surface area (TPSA) is 24.9 Å². The van der Waals surface area contributed by atoms with Gasteiger partial charge in [0.1, 0.15) is 0 Å². The predicted molar refractivity (Wildman–Crippen MR) is 100 cm³/mol. The monoisotopic (exact) mass is 332 g/mol. The van der Waals surface area contributed by atoms with Crippen molar-refractivity contribution in [3.05, 3.63) is 36.4 Å². The van der Waals surface area contributed by atoms with Crippen molar-refractivity contribution in [3.8, 4) is 11.5 Å². The first-order valence-electron chi connectivity index (χ1n) is 9.12. The molecule has 1 aliphatic heterocycles. The maximum atomic E-state index is 6.04. The smallest absolute Gasteiger partial charge is 0.164 e. The highest BCUT2D eigenvalue weighted by atomic mass is 16.5. The first-order chi connectivity index (χ1) is 11.8. The van der Waals surface area contributed by atoms with Gasteiger partial charge in [0.15, 0.2) is 11.5 Å². The Hall–Kier alpha value is -1.52. The number of rotatable bonds is 10. The molecule has 1 aromatic carbocycles. The van der Waals surface area contributed by atoms with E-state index in [0.717, 1.165) is 36.5 Å². The Labute approximate surface area is 147 Å². The summed E-state index contributed by atoms with van der Waals surface area (Å²) < 4.78 is 11.5. The summed E-state index contributed by atoms with van der Waals surface area (Å²) in [5.74, 6) is 1.68. The number of hydrogen-bond acceptors (Lipinski definition) is 4. The fourth-order valence-electron chi connectivity index (χ4n) is 3.14. The number of likely N-dealkylation sites (N-methyl/N-ethyl adjacent to an activating group) is 1. The third-order valence-corrected chi connectivity index (χ3v) is 4.67. The quantitative estimate of drug-likeness (QED) is 0.485. The van der Waals surface area contributed by atoms with Crippen LogP contribution in [0.3, 0.4) is 0 Å². The molecule has 2 rings (SSSR count). The Morgan fingerprint density at radius 1 is 1.12 bits per heavy atom. The van der Waals surface area contributed by atoms with E-state index in [2.05, 4.69) is 29.4 Å². The van der Waals surface area contributed by atoms with Gasteiger partial charge in [-0.2, -0.15) is 0 Å². The third-order valence-electron chi connectivity index (χ3n) is 4.67. The first-order valence-corrected chi connectivity index (χ1v) is 9.12. The normalized spacial score (nSPS) is 16.1. The Morgan fingerprint density at radius 3 is 2.54 bits per heavy atom. The molecule has 4 heteroatoms. The van der Waals surface area contributed by atoms with Crippen LogP contribution in [0, 0.1) is 0 Å². The number of methoxy groups -OCH3 is 1. The van der Waals surface area contributed by atoms with Crippen LogP contribution >= 0.6 is 0 Å². The summed E-state index contributed by atoms with van der Waals surface area (Å²) in [4.78, 5) is 5.08. The number of piperazine rings is 1. The average molecular weight is 332 g/mol. The zero-order valence-corrected chi connectivity index (χ0v) is 15.3. The minimum atomic E-state index is 0.736. The number of allylic oxidation sites excluding steroid dienone is 1. The molecule has 4 nitrogen and oxygen atoms in total. The summed E-state index contributed by atoms with van der Waals surface area (Å²) in [5.41, 5.74) is 1.14. The molecule has 0 amide bonds. The molecule has 0 aromatic heterocycles. The van der Waals surface area contributed by atoms with Gasteiger partial charge in [-0.25, -0.2) is 0 Å². The number of ether oxygens (including phenoxy) is 2. The molecule has 0 spiro atoms. The molecule has 1 aromatic rings. The van der Waals surface area contributed by atoms with Crippen LogP contribution in [0.1, 0.15) is 25.3 Å². The summed E-state index contributed by atoms with van der Waals surface area (Å²) in [5, 5.41) is 0. The van der Waals surface area contributed by atoms with Gasteiger partial charge in [0.05, 0.1) is 13.7 Å². The molecule has 24 heavy (non-hydrogen) atoms. The van der Waals surface area contributed by atoms with Crippen LogP contribution in [0.2, 0.25) is 0 Å². The van der Waals surface area contributed by atoms with Gasteiger partial charge in [-0.1, -0.05) is 25.1 Å². The van der Waals surface area contributed by atoms with Gasteiger partial charge in [0.25, 0.3) is 0 Å². The van der Waals surface area contributed by atoms with Crippen molar-refractivity contribution in [2.45, 2.75) is 26.2 Å². The summed E-state index contributed by atoms with van der Waals surface area (Å²) >= 11 is 0. The van der Waals surface area contributed by atoms with Crippen LogP contribution < -0.4 is 9.47 Å². The van der Waals surface area contributed by atoms with Crippen molar-refractivity contribution >= 4 is 0 Å². The lowest BCUT2D eigenvalue weighted by Gasteiger charge is -2.33. The fraction of sp³-hybridized carbons (Fsp3) is 0.600. The molecule has 0 saturated carbocycles. The molecule has 0 unspecified atom stereocenters. The van der Waals surface area contributed by atoms with E-state index >= 15 is 0 Å². The number of para-hydroxylation sites is 1. The SMILES string of the molecule is C=CCc1cccc(OC)c1OCCCCN1CCN(CC)CC1. The zero-order chi connectivity index (χ0) is 17.2. The van der Waals surface area contributed by atoms with E-state index in [9.17, 15) is 0 Å². The predicted octanol–water partition coefficient (Wildman–Crippen LogP) is 3.22. The van der Waals surface area contributed by atoms with Gasteiger partial charge in [-0.3, -0.25) is 0 Å². The molecule has 1 aliphatic rings. The number of hydrogen-bond donors (Lipinski definition) is 0. The van der Waals surface area contributed by atoms with Gasteiger partial charge >= 0.3 is 0 Å². The second-order valence-corrected chi connectivity index (χ2v) is 6.27. The average Bonchev–Trinajstić information content (AvgIpc) is 2.63. The fourth-order valence-corrected chi connectivity index (χ4v) is 3.14. The molecule has 0 aliphatic carbocycles. The number of benzene rings is 1. The molecule has 1 fully saturated rings. The lowest BCUT2D eigenvalue weighted by Crippen LogP contribution is -2.46. The van der Waals surface area contributed by atoms with Crippen molar-refractivity contribution in [1.29, 1.82) is 0 Å². The van der Waals surface area contributed by atoms with Crippen molar-refractivity contribution in [1.82, 2.24) is 9.80 Å². The Kier molecular flexibility index (Phi) is 8.13. The maximum Gasteiger partial charge on any atom is 0.164 e. The van der Waals surface area contributed by atoms with Crippen molar-refractivity contribution < 1.29 is 9.47 Å². The number of unbranched alkanes of at least 4 members (excludes halogenated alkanes) is 1. The summed E-state index contributed by atoms with van der Waals surface area (Å²) in [6, 6.07) is 6.03. The van der Waals surface area contributed by atoms with Crippen LogP contribution in [0.25, 0.3) is 0 Å². The van der Waals surface area contributed by atoms with Gasteiger partial charge in [-0.15, -0.1) is 6.58 Å². The second kappa shape index (κ2) is 10.4. The highest BCUT2D eigenvalue weighted by Crippen LogP contribution is 2.31. The lowest BCUT2D eigenvalue weighted by atomic mass is 10.1. The third kappa shape index (κ3) is 5.53. The van der Waals surface area contributed by atoms with Gasteiger partial charge < -0.3 is 19.3 Å². The highest BCUT2D eigenvalue weighted by Gasteiger charge is 2.14. The van der Waals surface area contributed by atoms with E-state index < -0.39 is 0 Å². The molecular formula is C20H32N2O2. The minimum Gasteiger partial charge on any atom is -0.493 e. The number of nitrogens with zero attached hydrogens (tertiary/aromatic N) is 2. The van der Waals surface area contributed by atoms with Crippen LogP contribution in [0.15, 0.2) is 30.9 Å². The van der Waals surface area contributed by atoms with Gasteiger partial charge in [0, 0.05) is 31.7 Å².